The summed E-state index contributed by atoms with van der Waals surface area (Å²) >= 11 is 0. The van der Waals surface area contributed by atoms with Crippen LogP contribution in [0.25, 0.3) is 11.0 Å². The Bertz CT molecular complexity index is 602. The van der Waals surface area contributed by atoms with Gasteiger partial charge < -0.3 is 9.15 Å². The fraction of sp³-hybridized carbons (Fsp3) is 0.357. The van der Waals surface area contributed by atoms with Crippen LogP contribution >= 0.6 is 0 Å². The second kappa shape index (κ2) is 5.03. The normalized spacial score (nSPS) is 15.4. The van der Waals surface area contributed by atoms with E-state index in [9.17, 15) is 4.79 Å². The molecule has 1 heterocycles. The number of rotatable bonds is 4. The molecule has 100 valence electrons. The number of hydrogen-bond acceptors (Lipinski definition) is 4. The first kappa shape index (κ1) is 12.2. The van der Waals surface area contributed by atoms with E-state index in [4.69, 9.17) is 15.0 Å². The zero-order valence-corrected chi connectivity index (χ0v) is 10.5. The third-order valence-electron chi connectivity index (χ3n) is 3.53. The smallest absolute Gasteiger partial charge is 0.269 e. The van der Waals surface area contributed by atoms with E-state index in [-0.39, 0.29) is 5.91 Å². The van der Waals surface area contributed by atoms with E-state index in [0.29, 0.717) is 29.6 Å². The summed E-state index contributed by atoms with van der Waals surface area (Å²) < 4.78 is 11.4. The lowest BCUT2D eigenvalue weighted by Gasteiger charge is -2.25. The second-order valence-corrected chi connectivity index (χ2v) is 4.73. The maximum atomic E-state index is 11.9. The number of furan rings is 1. The molecule has 2 aromatic rings. The summed E-state index contributed by atoms with van der Waals surface area (Å²) in [4.78, 5) is 11.9. The molecule has 0 aliphatic heterocycles. The van der Waals surface area contributed by atoms with Gasteiger partial charge in [-0.25, -0.2) is 5.84 Å². The largest absolute Gasteiger partial charge is 0.458 e. The number of nitrogen functional groups attached to an aromatic ring is 1. The van der Waals surface area contributed by atoms with Crippen molar-refractivity contribution in [2.75, 3.05) is 0 Å². The topological polar surface area (TPSA) is 77.5 Å². The Morgan fingerprint density at radius 3 is 2.89 bits per heavy atom. The number of nitrogens with two attached hydrogens (primary N) is 1. The van der Waals surface area contributed by atoms with Crippen molar-refractivity contribution in [3.63, 3.8) is 0 Å². The lowest BCUT2D eigenvalue weighted by molar-refractivity contribution is -0.0155. The molecule has 0 spiro atoms. The van der Waals surface area contributed by atoms with Gasteiger partial charge in [-0.1, -0.05) is 18.2 Å². The molecule has 3 rings (SSSR count). The Labute approximate surface area is 110 Å². The maximum Gasteiger partial charge on any atom is 0.269 e. The van der Waals surface area contributed by atoms with E-state index in [1.165, 1.54) is 6.42 Å². The van der Waals surface area contributed by atoms with Crippen LogP contribution in [0.2, 0.25) is 0 Å². The highest BCUT2D eigenvalue weighted by atomic mass is 16.5. The van der Waals surface area contributed by atoms with Crippen LogP contribution in [0.3, 0.4) is 0 Å². The summed E-state index contributed by atoms with van der Waals surface area (Å²) in [6.07, 6.45) is 3.67. The molecule has 0 saturated heterocycles. The molecule has 1 aliphatic carbocycles. The first-order valence-electron chi connectivity index (χ1n) is 6.42. The number of nitrogens with one attached hydrogen (secondary N) is 1. The quantitative estimate of drug-likeness (QED) is 0.501. The minimum Gasteiger partial charge on any atom is -0.458 e. The Morgan fingerprint density at radius 2 is 2.21 bits per heavy atom. The summed E-state index contributed by atoms with van der Waals surface area (Å²) in [5, 5.41) is 0.762. The number of amides is 1. The predicted octanol–water partition coefficient (Wildman–Crippen LogP) is 2.11. The first-order chi connectivity index (χ1) is 9.29. The summed E-state index contributed by atoms with van der Waals surface area (Å²) in [6, 6.07) is 7.40. The maximum absolute atomic E-state index is 11.9. The monoisotopic (exact) mass is 260 g/mol. The van der Waals surface area contributed by atoms with Crippen molar-refractivity contribution < 1.29 is 13.9 Å². The highest BCUT2D eigenvalue weighted by Crippen LogP contribution is 2.28. The molecule has 1 aromatic heterocycles. The van der Waals surface area contributed by atoms with Gasteiger partial charge in [0.15, 0.2) is 0 Å². The molecule has 0 unspecified atom stereocenters. The molecule has 3 N–H and O–H groups in total. The number of hydrogen-bond donors (Lipinski definition) is 2. The molecule has 1 aliphatic rings. The van der Waals surface area contributed by atoms with Gasteiger partial charge in [-0.15, -0.1) is 0 Å². The van der Waals surface area contributed by atoms with Crippen molar-refractivity contribution in [2.24, 2.45) is 5.84 Å². The Kier molecular flexibility index (Phi) is 3.23. The molecule has 1 aromatic carbocycles. The minimum absolute atomic E-state index is 0.294. The number of carbonyl (C=O) groups excluding carboxylic acids is 1. The zero-order valence-electron chi connectivity index (χ0n) is 10.5. The highest BCUT2D eigenvalue weighted by molar-refractivity contribution is 6.06. The average molecular weight is 260 g/mol. The standard InChI is InChI=1S/C14H16N2O3/c15-16-14(17)13-10-6-1-2-7-11(10)19-12(13)8-18-9-4-3-5-9/h1-2,6-7,9H,3-5,8,15H2,(H,16,17). The van der Waals surface area contributed by atoms with Crippen molar-refractivity contribution in [3.05, 3.63) is 35.6 Å². The van der Waals surface area contributed by atoms with Crippen molar-refractivity contribution in [3.8, 4) is 0 Å². The van der Waals surface area contributed by atoms with E-state index >= 15 is 0 Å². The van der Waals surface area contributed by atoms with Crippen LogP contribution in [0.4, 0.5) is 0 Å². The highest BCUT2D eigenvalue weighted by Gasteiger charge is 2.23. The van der Waals surface area contributed by atoms with Crippen LogP contribution in [0.1, 0.15) is 35.4 Å². The van der Waals surface area contributed by atoms with Crippen molar-refractivity contribution in [1.29, 1.82) is 0 Å². The van der Waals surface area contributed by atoms with Crippen molar-refractivity contribution in [1.82, 2.24) is 5.43 Å². The van der Waals surface area contributed by atoms with E-state index in [1.54, 1.807) is 0 Å². The molecule has 0 bridgehead atoms. The molecular weight excluding hydrogens is 244 g/mol. The summed E-state index contributed by atoms with van der Waals surface area (Å²) in [5.74, 6) is 5.42. The zero-order chi connectivity index (χ0) is 13.2. The number of benzene rings is 1. The van der Waals surface area contributed by atoms with Gasteiger partial charge in [0.05, 0.1) is 11.7 Å². The Morgan fingerprint density at radius 1 is 1.42 bits per heavy atom. The summed E-state index contributed by atoms with van der Waals surface area (Å²) in [6.45, 7) is 0.308. The van der Waals surface area contributed by atoms with Crippen LogP contribution in [0.5, 0.6) is 0 Å². The van der Waals surface area contributed by atoms with Gasteiger partial charge in [-0.2, -0.15) is 0 Å². The van der Waals surface area contributed by atoms with Gasteiger partial charge in [0.25, 0.3) is 5.91 Å². The molecule has 5 nitrogen and oxygen atoms in total. The van der Waals surface area contributed by atoms with Gasteiger partial charge in [0.1, 0.15) is 18.0 Å². The molecular formula is C14H16N2O3. The average Bonchev–Trinajstić information content (AvgIpc) is 2.74. The Balaban J connectivity index is 1.93. The molecule has 5 heteroatoms. The number of fused-ring (bicyclic) bond motifs is 1. The SMILES string of the molecule is NNC(=O)c1c(COC2CCC2)oc2ccccc12. The lowest BCUT2D eigenvalue weighted by atomic mass is 9.96. The Hall–Kier alpha value is -1.85. The number of carbonyl (C=O) groups is 1. The molecule has 0 atom stereocenters. The fourth-order valence-corrected chi connectivity index (χ4v) is 2.25. The van der Waals surface area contributed by atoms with E-state index in [1.807, 2.05) is 24.3 Å². The first-order valence-corrected chi connectivity index (χ1v) is 6.42. The number of hydrazine groups is 1. The molecule has 1 fully saturated rings. The summed E-state index contributed by atoms with van der Waals surface area (Å²) in [7, 11) is 0. The van der Waals surface area contributed by atoms with Crippen LogP contribution in [0.15, 0.2) is 28.7 Å². The molecule has 1 saturated carbocycles. The summed E-state index contributed by atoms with van der Waals surface area (Å²) in [5.41, 5.74) is 3.31. The van der Waals surface area contributed by atoms with Gasteiger partial charge in [0.2, 0.25) is 0 Å². The second-order valence-electron chi connectivity index (χ2n) is 4.73. The van der Waals surface area contributed by atoms with Gasteiger partial charge >= 0.3 is 0 Å². The van der Waals surface area contributed by atoms with Crippen LogP contribution < -0.4 is 11.3 Å². The van der Waals surface area contributed by atoms with Crippen molar-refractivity contribution >= 4 is 16.9 Å². The van der Waals surface area contributed by atoms with Crippen LogP contribution in [-0.4, -0.2) is 12.0 Å². The third-order valence-corrected chi connectivity index (χ3v) is 3.53. The van der Waals surface area contributed by atoms with Gasteiger partial charge in [-0.05, 0) is 25.3 Å². The predicted molar refractivity (Wildman–Crippen MR) is 70.3 cm³/mol. The molecule has 0 radical (unpaired) electrons. The van der Waals surface area contributed by atoms with Crippen LogP contribution in [0, 0.1) is 0 Å². The van der Waals surface area contributed by atoms with E-state index < -0.39 is 0 Å². The minimum atomic E-state index is -0.350. The number of para-hydroxylation sites is 1. The van der Waals surface area contributed by atoms with E-state index in [0.717, 1.165) is 18.2 Å². The molecule has 1 amide bonds. The van der Waals surface area contributed by atoms with Gasteiger partial charge in [-0.3, -0.25) is 10.2 Å². The third kappa shape index (κ3) is 2.22. The lowest BCUT2D eigenvalue weighted by Crippen LogP contribution is -2.30. The van der Waals surface area contributed by atoms with Crippen molar-refractivity contribution in [2.45, 2.75) is 32.0 Å². The molecule has 19 heavy (non-hydrogen) atoms. The van der Waals surface area contributed by atoms with Crippen LogP contribution in [-0.2, 0) is 11.3 Å². The fourth-order valence-electron chi connectivity index (χ4n) is 2.25. The number of ether oxygens (including phenoxy) is 1. The van der Waals surface area contributed by atoms with E-state index in [2.05, 4.69) is 5.43 Å². The van der Waals surface area contributed by atoms with Gasteiger partial charge in [0, 0.05) is 5.39 Å².